The number of hydrogen-bond acceptors (Lipinski definition) is 2. The van der Waals surface area contributed by atoms with Crippen LogP contribution in [0.15, 0.2) is 18.2 Å². The first-order valence-electron chi connectivity index (χ1n) is 7.21. The fraction of sp³-hybridized carbons (Fsp3) is 0.562. The fourth-order valence-corrected chi connectivity index (χ4v) is 3.97. The van der Waals surface area contributed by atoms with Gasteiger partial charge in [0, 0.05) is 12.7 Å². The van der Waals surface area contributed by atoms with Crippen molar-refractivity contribution in [3.05, 3.63) is 29.3 Å². The van der Waals surface area contributed by atoms with Crippen LogP contribution in [0, 0.1) is 17.8 Å². The molecule has 0 spiro atoms. The Morgan fingerprint density at radius 1 is 1.26 bits per heavy atom. The molecule has 1 aliphatic heterocycles. The first-order valence-corrected chi connectivity index (χ1v) is 7.21. The third-order valence-electron chi connectivity index (χ3n) is 5.25. The molecule has 3 aliphatic rings. The van der Waals surface area contributed by atoms with Crippen LogP contribution in [0.3, 0.4) is 0 Å². The molecule has 19 heavy (non-hydrogen) atoms. The minimum absolute atomic E-state index is 0.142. The second-order valence-corrected chi connectivity index (χ2v) is 6.45. The first kappa shape index (κ1) is 11.5. The van der Waals surface area contributed by atoms with Crippen molar-refractivity contribution in [1.29, 1.82) is 0 Å². The van der Waals surface area contributed by atoms with Gasteiger partial charge in [0.05, 0.1) is 12.5 Å². The van der Waals surface area contributed by atoms with Crippen molar-refractivity contribution in [2.75, 3.05) is 11.9 Å². The summed E-state index contributed by atoms with van der Waals surface area (Å²) in [6.45, 7) is 0. The van der Waals surface area contributed by atoms with Gasteiger partial charge in [-0.2, -0.15) is 0 Å². The first-order chi connectivity index (χ1) is 9.13. The Balaban J connectivity index is 1.59. The lowest BCUT2D eigenvalue weighted by Crippen LogP contribution is -2.20. The number of fused-ring (bicyclic) bond motifs is 2. The van der Waals surface area contributed by atoms with Gasteiger partial charge in [-0.3, -0.25) is 4.79 Å². The molecule has 3 atom stereocenters. The number of carbonyl (C=O) groups excluding carboxylic acids is 1. The van der Waals surface area contributed by atoms with E-state index in [2.05, 4.69) is 0 Å². The van der Waals surface area contributed by atoms with Crippen molar-refractivity contribution in [2.24, 2.45) is 17.8 Å². The highest BCUT2D eigenvalue weighted by molar-refractivity contribution is 6.00. The van der Waals surface area contributed by atoms with E-state index in [9.17, 15) is 9.90 Å². The molecule has 2 saturated carbocycles. The van der Waals surface area contributed by atoms with Crippen molar-refractivity contribution in [3.63, 3.8) is 0 Å². The van der Waals surface area contributed by atoms with E-state index in [1.165, 1.54) is 19.3 Å². The van der Waals surface area contributed by atoms with Crippen molar-refractivity contribution in [1.82, 2.24) is 0 Å². The van der Waals surface area contributed by atoms with Crippen molar-refractivity contribution in [3.8, 4) is 0 Å². The summed E-state index contributed by atoms with van der Waals surface area (Å²) in [6.07, 6.45) is 3.87. The minimum Gasteiger partial charge on any atom is -0.388 e. The zero-order valence-corrected chi connectivity index (χ0v) is 11.2. The van der Waals surface area contributed by atoms with E-state index < -0.39 is 0 Å². The van der Waals surface area contributed by atoms with Crippen molar-refractivity contribution in [2.45, 2.75) is 31.8 Å². The van der Waals surface area contributed by atoms with Gasteiger partial charge in [0.2, 0.25) is 5.91 Å². The SMILES string of the molecule is CN1C(=O)Cc2cc(C(O)C3CC4CC4C3)ccc21. The Hall–Kier alpha value is -1.35. The van der Waals surface area contributed by atoms with Gasteiger partial charge in [-0.25, -0.2) is 0 Å². The van der Waals surface area contributed by atoms with Gasteiger partial charge in [0.25, 0.3) is 0 Å². The third kappa shape index (κ3) is 1.71. The van der Waals surface area contributed by atoms with Crippen LogP contribution in [-0.2, 0) is 11.2 Å². The number of amides is 1. The van der Waals surface area contributed by atoms with Crippen LogP contribution in [-0.4, -0.2) is 18.1 Å². The second-order valence-electron chi connectivity index (χ2n) is 6.45. The summed E-state index contributed by atoms with van der Waals surface area (Å²) >= 11 is 0. The molecule has 100 valence electrons. The molecular weight excluding hydrogens is 238 g/mol. The number of anilines is 1. The van der Waals surface area contributed by atoms with E-state index in [1.807, 2.05) is 25.2 Å². The number of carbonyl (C=O) groups is 1. The zero-order valence-electron chi connectivity index (χ0n) is 11.2. The summed E-state index contributed by atoms with van der Waals surface area (Å²) in [6, 6.07) is 6.00. The molecule has 0 saturated heterocycles. The van der Waals surface area contributed by atoms with Crippen molar-refractivity contribution < 1.29 is 9.90 Å². The van der Waals surface area contributed by atoms with Crippen LogP contribution in [0.4, 0.5) is 5.69 Å². The molecular formula is C16H19NO2. The second kappa shape index (κ2) is 3.83. The maximum absolute atomic E-state index is 11.7. The highest BCUT2D eigenvalue weighted by atomic mass is 16.3. The predicted molar refractivity (Wildman–Crippen MR) is 72.8 cm³/mol. The quantitative estimate of drug-likeness (QED) is 0.883. The highest BCUT2D eigenvalue weighted by Gasteiger charge is 2.47. The van der Waals surface area contributed by atoms with Gasteiger partial charge in [0.15, 0.2) is 0 Å². The molecule has 1 aromatic rings. The Labute approximate surface area is 113 Å². The molecule has 0 bridgehead atoms. The van der Waals surface area contributed by atoms with Gasteiger partial charge in [-0.1, -0.05) is 12.1 Å². The van der Waals surface area contributed by atoms with Crippen LogP contribution in [0.5, 0.6) is 0 Å². The van der Waals surface area contributed by atoms with Crippen LogP contribution >= 0.6 is 0 Å². The number of aliphatic hydroxyl groups is 1. The Kier molecular flexibility index (Phi) is 2.31. The molecule has 2 aliphatic carbocycles. The van der Waals surface area contributed by atoms with E-state index in [1.54, 1.807) is 4.90 Å². The largest absolute Gasteiger partial charge is 0.388 e. The lowest BCUT2D eigenvalue weighted by Gasteiger charge is -2.20. The van der Waals surface area contributed by atoms with E-state index in [4.69, 9.17) is 0 Å². The standard InChI is InChI=1S/C16H19NO2/c1-17-14-3-2-9(4-12(14)8-15(17)18)16(19)13-6-10-5-11(10)7-13/h2-4,10-11,13,16,19H,5-8H2,1H3. The van der Waals surface area contributed by atoms with Crippen LogP contribution in [0.25, 0.3) is 0 Å². The number of rotatable bonds is 2. The highest BCUT2D eigenvalue weighted by Crippen LogP contribution is 2.57. The molecule has 4 rings (SSSR count). The topological polar surface area (TPSA) is 40.5 Å². The molecule has 0 aromatic heterocycles. The van der Waals surface area contributed by atoms with Crippen molar-refractivity contribution >= 4 is 11.6 Å². The Morgan fingerprint density at radius 2 is 2.00 bits per heavy atom. The fourth-order valence-electron chi connectivity index (χ4n) is 3.97. The van der Waals surface area contributed by atoms with Gasteiger partial charge >= 0.3 is 0 Å². The van der Waals surface area contributed by atoms with Crippen LogP contribution < -0.4 is 4.90 Å². The summed E-state index contributed by atoms with van der Waals surface area (Å²) in [4.78, 5) is 13.4. The van der Waals surface area contributed by atoms with E-state index in [-0.39, 0.29) is 12.0 Å². The summed E-state index contributed by atoms with van der Waals surface area (Å²) in [5, 5.41) is 10.5. The molecule has 2 fully saturated rings. The normalized spacial score (nSPS) is 33.3. The Bertz CT molecular complexity index is 544. The molecule has 0 radical (unpaired) electrons. The van der Waals surface area contributed by atoms with Gasteiger partial charge in [-0.05, 0) is 54.2 Å². The lowest BCUT2D eigenvalue weighted by molar-refractivity contribution is -0.117. The van der Waals surface area contributed by atoms with E-state index >= 15 is 0 Å². The average molecular weight is 257 g/mol. The van der Waals surface area contributed by atoms with Gasteiger partial charge < -0.3 is 10.0 Å². The minimum atomic E-state index is -0.348. The number of aliphatic hydroxyl groups excluding tert-OH is 1. The molecule has 3 nitrogen and oxygen atoms in total. The predicted octanol–water partition coefficient (Wildman–Crippen LogP) is 2.29. The number of nitrogens with zero attached hydrogens (tertiary/aromatic N) is 1. The maximum Gasteiger partial charge on any atom is 0.231 e. The molecule has 3 unspecified atom stereocenters. The summed E-state index contributed by atoms with van der Waals surface area (Å²) in [5.41, 5.74) is 3.05. The Morgan fingerprint density at radius 3 is 2.74 bits per heavy atom. The monoisotopic (exact) mass is 257 g/mol. The van der Waals surface area contributed by atoms with Gasteiger partial charge in [-0.15, -0.1) is 0 Å². The lowest BCUT2D eigenvalue weighted by atomic mass is 9.90. The molecule has 1 aromatic carbocycles. The number of hydrogen-bond donors (Lipinski definition) is 1. The average Bonchev–Trinajstić information content (AvgIpc) is 2.91. The molecule has 1 amide bonds. The van der Waals surface area contributed by atoms with E-state index in [0.717, 1.165) is 28.7 Å². The number of likely N-dealkylation sites (N-methyl/N-ethyl adjacent to an activating group) is 1. The summed E-state index contributed by atoms with van der Waals surface area (Å²) in [5.74, 6) is 2.35. The summed E-state index contributed by atoms with van der Waals surface area (Å²) in [7, 11) is 1.81. The molecule has 1 N–H and O–H groups in total. The molecule has 1 heterocycles. The van der Waals surface area contributed by atoms with E-state index in [0.29, 0.717) is 12.3 Å². The van der Waals surface area contributed by atoms with Crippen LogP contribution in [0.2, 0.25) is 0 Å². The zero-order chi connectivity index (χ0) is 13.1. The smallest absolute Gasteiger partial charge is 0.231 e. The summed E-state index contributed by atoms with van der Waals surface area (Å²) < 4.78 is 0. The number of benzene rings is 1. The van der Waals surface area contributed by atoms with Gasteiger partial charge in [0.1, 0.15) is 0 Å². The van der Waals surface area contributed by atoms with Crippen LogP contribution in [0.1, 0.15) is 36.5 Å². The maximum atomic E-state index is 11.7. The third-order valence-corrected chi connectivity index (χ3v) is 5.25. The molecule has 3 heteroatoms.